The molecule has 0 saturated carbocycles. The van der Waals surface area contributed by atoms with Crippen molar-refractivity contribution < 1.29 is 27.8 Å². The first-order valence-corrected chi connectivity index (χ1v) is 6.14. The summed E-state index contributed by atoms with van der Waals surface area (Å²) in [6.07, 6.45) is -2.58. The molecule has 20 heavy (non-hydrogen) atoms. The van der Waals surface area contributed by atoms with E-state index in [9.17, 15) is 18.4 Å². The second-order valence-electron chi connectivity index (χ2n) is 4.01. The summed E-state index contributed by atoms with van der Waals surface area (Å²) in [4.78, 5) is 22.5. The molecule has 0 aliphatic rings. The lowest BCUT2D eigenvalue weighted by Crippen LogP contribution is -2.08. The summed E-state index contributed by atoms with van der Waals surface area (Å²) in [5.74, 6) is -1.12. The number of carbonyl (C=O) groups is 2. The van der Waals surface area contributed by atoms with Crippen LogP contribution in [-0.2, 0) is 20.7 Å². The molecule has 6 heteroatoms. The zero-order valence-electron chi connectivity index (χ0n) is 11.3. The molecule has 0 fully saturated rings. The number of halogens is 2. The quantitative estimate of drug-likeness (QED) is 0.754. The molecule has 0 aromatic heterocycles. The first-order valence-electron chi connectivity index (χ1n) is 6.14. The van der Waals surface area contributed by atoms with Gasteiger partial charge in [-0.1, -0.05) is 6.07 Å². The summed E-state index contributed by atoms with van der Waals surface area (Å²) in [5.41, 5.74) is 0.127. The van der Waals surface area contributed by atoms with Crippen LogP contribution >= 0.6 is 0 Å². The predicted molar refractivity (Wildman–Crippen MR) is 67.7 cm³/mol. The minimum atomic E-state index is -2.72. The zero-order valence-corrected chi connectivity index (χ0v) is 11.3. The highest BCUT2D eigenvalue weighted by atomic mass is 19.3. The van der Waals surface area contributed by atoms with Gasteiger partial charge in [-0.15, -0.1) is 0 Å². The maximum absolute atomic E-state index is 13.0. The molecule has 0 N–H and O–H groups in total. The highest BCUT2D eigenvalue weighted by Gasteiger charge is 2.17. The van der Waals surface area contributed by atoms with Crippen LogP contribution in [0.25, 0.3) is 0 Å². The summed E-state index contributed by atoms with van der Waals surface area (Å²) in [6.45, 7) is 1.81. The largest absolute Gasteiger partial charge is 0.469 e. The van der Waals surface area contributed by atoms with Crippen LogP contribution in [-0.4, -0.2) is 25.7 Å². The third-order valence-corrected chi connectivity index (χ3v) is 2.72. The number of benzene rings is 1. The minimum absolute atomic E-state index is 0.00890. The van der Waals surface area contributed by atoms with Gasteiger partial charge in [-0.25, -0.2) is 13.6 Å². The van der Waals surface area contributed by atoms with E-state index in [1.165, 1.54) is 19.2 Å². The summed E-state index contributed by atoms with van der Waals surface area (Å²) in [6, 6.07) is 3.93. The van der Waals surface area contributed by atoms with Crippen molar-refractivity contribution in [3.05, 3.63) is 34.9 Å². The van der Waals surface area contributed by atoms with Gasteiger partial charge in [0.15, 0.2) is 0 Å². The van der Waals surface area contributed by atoms with Gasteiger partial charge in [0.2, 0.25) is 0 Å². The van der Waals surface area contributed by atoms with Crippen molar-refractivity contribution in [1.29, 1.82) is 0 Å². The van der Waals surface area contributed by atoms with E-state index in [1.54, 1.807) is 6.92 Å². The van der Waals surface area contributed by atoms with E-state index in [-0.39, 0.29) is 30.6 Å². The summed E-state index contributed by atoms with van der Waals surface area (Å²) in [5, 5.41) is 0. The van der Waals surface area contributed by atoms with E-state index < -0.39 is 18.4 Å². The van der Waals surface area contributed by atoms with E-state index in [0.29, 0.717) is 5.56 Å². The lowest BCUT2D eigenvalue weighted by atomic mass is 10.00. The monoisotopic (exact) mass is 286 g/mol. The van der Waals surface area contributed by atoms with E-state index in [2.05, 4.69) is 4.74 Å². The molecule has 0 saturated heterocycles. The molecular formula is C14H16F2O4. The van der Waals surface area contributed by atoms with Gasteiger partial charge in [0.1, 0.15) is 0 Å². The molecule has 1 aromatic rings. The lowest BCUT2D eigenvalue weighted by Gasteiger charge is -2.10. The number of aryl methyl sites for hydroxylation is 1. The predicted octanol–water partition coefficient (Wildman–Crippen LogP) is 2.91. The Balaban J connectivity index is 2.96. The van der Waals surface area contributed by atoms with Crippen molar-refractivity contribution in [1.82, 2.24) is 0 Å². The van der Waals surface area contributed by atoms with E-state index in [0.717, 1.165) is 6.07 Å². The maximum atomic E-state index is 13.0. The van der Waals surface area contributed by atoms with E-state index in [1.807, 2.05) is 0 Å². The number of methoxy groups -OCH3 is 1. The van der Waals surface area contributed by atoms with Gasteiger partial charge in [-0.3, -0.25) is 4.79 Å². The Bertz CT molecular complexity index is 486. The fourth-order valence-electron chi connectivity index (χ4n) is 1.71. The fraction of sp³-hybridized carbons (Fsp3) is 0.429. The molecule has 0 unspecified atom stereocenters. The molecule has 0 amide bonds. The van der Waals surface area contributed by atoms with Crippen molar-refractivity contribution in [2.75, 3.05) is 13.7 Å². The maximum Gasteiger partial charge on any atom is 0.338 e. The van der Waals surface area contributed by atoms with Gasteiger partial charge in [0.05, 0.1) is 19.3 Å². The number of hydrogen-bond donors (Lipinski definition) is 0. The molecule has 0 spiro atoms. The van der Waals surface area contributed by atoms with Crippen LogP contribution < -0.4 is 0 Å². The van der Waals surface area contributed by atoms with E-state index >= 15 is 0 Å². The average molecular weight is 286 g/mol. The van der Waals surface area contributed by atoms with Gasteiger partial charge in [-0.2, -0.15) is 0 Å². The zero-order chi connectivity index (χ0) is 15.1. The Morgan fingerprint density at radius 3 is 2.55 bits per heavy atom. The highest BCUT2D eigenvalue weighted by molar-refractivity contribution is 5.89. The van der Waals surface area contributed by atoms with Gasteiger partial charge in [-0.05, 0) is 31.0 Å². The SMILES string of the molecule is CCOC(=O)c1ccc(CCC(=O)OC)c(C(F)F)c1. The molecular weight excluding hydrogens is 270 g/mol. The number of alkyl halides is 2. The van der Waals surface area contributed by atoms with Gasteiger partial charge < -0.3 is 9.47 Å². The van der Waals surface area contributed by atoms with Crippen LogP contribution in [0.1, 0.15) is 41.3 Å². The minimum Gasteiger partial charge on any atom is -0.469 e. The van der Waals surface area contributed by atoms with Crippen molar-refractivity contribution >= 4 is 11.9 Å². The number of rotatable bonds is 6. The molecule has 0 bridgehead atoms. The summed E-state index contributed by atoms with van der Waals surface area (Å²) < 4.78 is 35.2. The highest BCUT2D eigenvalue weighted by Crippen LogP contribution is 2.25. The standard InChI is InChI=1S/C14H16F2O4/c1-3-20-14(18)10-5-4-9(6-7-12(17)19-2)11(8-10)13(15)16/h4-5,8,13H,3,6-7H2,1-2H3. The summed E-state index contributed by atoms with van der Waals surface area (Å²) in [7, 11) is 1.24. The molecule has 110 valence electrons. The number of ether oxygens (including phenoxy) is 2. The third kappa shape index (κ3) is 4.29. The first kappa shape index (κ1) is 16.1. The molecule has 1 rings (SSSR count). The lowest BCUT2D eigenvalue weighted by molar-refractivity contribution is -0.140. The average Bonchev–Trinajstić information content (AvgIpc) is 2.44. The molecule has 4 nitrogen and oxygen atoms in total. The molecule has 0 radical (unpaired) electrons. The normalized spacial score (nSPS) is 10.4. The number of hydrogen-bond acceptors (Lipinski definition) is 4. The van der Waals surface area contributed by atoms with E-state index in [4.69, 9.17) is 4.74 Å². The summed E-state index contributed by atoms with van der Waals surface area (Å²) >= 11 is 0. The topological polar surface area (TPSA) is 52.6 Å². The van der Waals surface area contributed by atoms with Crippen LogP contribution in [0.2, 0.25) is 0 Å². The molecule has 1 aromatic carbocycles. The fourth-order valence-corrected chi connectivity index (χ4v) is 1.71. The smallest absolute Gasteiger partial charge is 0.338 e. The van der Waals surface area contributed by atoms with Crippen LogP contribution in [0.5, 0.6) is 0 Å². The van der Waals surface area contributed by atoms with Gasteiger partial charge in [0, 0.05) is 12.0 Å². The Morgan fingerprint density at radius 1 is 1.30 bits per heavy atom. The second kappa shape index (κ2) is 7.57. The Kier molecular flexibility index (Phi) is 6.09. The molecule has 0 aliphatic heterocycles. The molecule has 0 aliphatic carbocycles. The van der Waals surface area contributed by atoms with Crippen molar-refractivity contribution in [3.63, 3.8) is 0 Å². The van der Waals surface area contributed by atoms with Crippen molar-refractivity contribution in [2.45, 2.75) is 26.2 Å². The number of carbonyl (C=O) groups excluding carboxylic acids is 2. The van der Waals surface area contributed by atoms with Crippen LogP contribution in [0.4, 0.5) is 8.78 Å². The first-order chi connectivity index (χ1) is 9.49. The van der Waals surface area contributed by atoms with Crippen molar-refractivity contribution in [3.8, 4) is 0 Å². The Morgan fingerprint density at radius 2 is 2.00 bits per heavy atom. The van der Waals surface area contributed by atoms with Crippen LogP contribution in [0.15, 0.2) is 18.2 Å². The molecule has 0 atom stereocenters. The second-order valence-corrected chi connectivity index (χ2v) is 4.01. The Labute approximate surface area is 115 Å². The number of esters is 2. The van der Waals surface area contributed by atoms with Gasteiger partial charge >= 0.3 is 11.9 Å². The van der Waals surface area contributed by atoms with Gasteiger partial charge in [0.25, 0.3) is 6.43 Å². The molecule has 0 heterocycles. The van der Waals surface area contributed by atoms with Crippen LogP contribution in [0, 0.1) is 0 Å². The third-order valence-electron chi connectivity index (χ3n) is 2.72. The van der Waals surface area contributed by atoms with Crippen molar-refractivity contribution in [2.24, 2.45) is 0 Å². The Hall–Kier alpha value is -1.98. The van der Waals surface area contributed by atoms with Crippen LogP contribution in [0.3, 0.4) is 0 Å².